The maximum Gasteiger partial charge on any atom is 0.230 e. The van der Waals surface area contributed by atoms with Gasteiger partial charge in [-0.25, -0.2) is 14.6 Å². The summed E-state index contributed by atoms with van der Waals surface area (Å²) in [7, 11) is 0. The molecule has 0 fully saturated rings. The summed E-state index contributed by atoms with van der Waals surface area (Å²) in [4.78, 5) is 20.8. The van der Waals surface area contributed by atoms with Crippen molar-refractivity contribution in [2.75, 3.05) is 5.75 Å². The first-order valence-electron chi connectivity index (χ1n) is 9.26. The van der Waals surface area contributed by atoms with Gasteiger partial charge in [-0.3, -0.25) is 9.36 Å². The second-order valence-corrected chi connectivity index (χ2v) is 8.42. The van der Waals surface area contributed by atoms with Crippen molar-refractivity contribution in [3.63, 3.8) is 0 Å². The third-order valence-electron chi connectivity index (χ3n) is 4.50. The Labute approximate surface area is 186 Å². The Bertz CT molecular complexity index is 1110. The van der Waals surface area contributed by atoms with Gasteiger partial charge < -0.3 is 5.32 Å². The van der Waals surface area contributed by atoms with Crippen molar-refractivity contribution < 1.29 is 4.79 Å². The fourth-order valence-corrected chi connectivity index (χ4v) is 4.00. The van der Waals surface area contributed by atoms with Crippen LogP contribution in [0.2, 0.25) is 0 Å². The van der Waals surface area contributed by atoms with Crippen molar-refractivity contribution in [2.24, 2.45) is 0 Å². The molecule has 2 aromatic heterocycles. The summed E-state index contributed by atoms with van der Waals surface area (Å²) in [5.41, 5.74) is 2.94. The van der Waals surface area contributed by atoms with Crippen LogP contribution in [0.1, 0.15) is 18.5 Å². The Balaban J connectivity index is 1.34. The zero-order chi connectivity index (χ0) is 20.9. The molecule has 0 saturated heterocycles. The maximum atomic E-state index is 12.5. The summed E-state index contributed by atoms with van der Waals surface area (Å²) in [5, 5.41) is 7.93. The van der Waals surface area contributed by atoms with E-state index in [0.717, 1.165) is 26.6 Å². The minimum absolute atomic E-state index is 0.0433. The summed E-state index contributed by atoms with van der Waals surface area (Å²) in [5.74, 6) is 0.243. The highest BCUT2D eigenvalue weighted by molar-refractivity contribution is 9.10. The Kier molecular flexibility index (Phi) is 6.29. The lowest BCUT2D eigenvalue weighted by Crippen LogP contribution is -2.28. The molecule has 4 rings (SSSR count). The molecule has 1 amide bonds. The molecule has 9 heteroatoms. The lowest BCUT2D eigenvalue weighted by atomic mass is 10.1. The molecule has 0 spiro atoms. The highest BCUT2D eigenvalue weighted by atomic mass is 79.9. The molecule has 30 heavy (non-hydrogen) atoms. The van der Waals surface area contributed by atoms with Crippen LogP contribution in [0.3, 0.4) is 0 Å². The first kappa shape index (κ1) is 20.4. The smallest absolute Gasteiger partial charge is 0.230 e. The number of nitrogens with zero attached hydrogens (tertiary/aromatic N) is 5. The van der Waals surface area contributed by atoms with E-state index in [9.17, 15) is 4.79 Å². The third kappa shape index (κ3) is 4.80. The van der Waals surface area contributed by atoms with Crippen LogP contribution in [0.4, 0.5) is 0 Å². The van der Waals surface area contributed by atoms with Crippen LogP contribution < -0.4 is 5.32 Å². The molecule has 0 unspecified atom stereocenters. The number of hydrogen-bond acceptors (Lipinski definition) is 5. The number of carbonyl (C=O) groups is 1. The van der Waals surface area contributed by atoms with Gasteiger partial charge in [0.2, 0.25) is 5.91 Å². The molecule has 2 heterocycles. The number of thioether (sulfide) groups is 1. The fourth-order valence-electron chi connectivity index (χ4n) is 2.95. The second kappa shape index (κ2) is 9.27. The largest absolute Gasteiger partial charge is 0.349 e. The monoisotopic (exact) mass is 482 g/mol. The van der Waals surface area contributed by atoms with Gasteiger partial charge in [0.05, 0.1) is 17.5 Å². The molecule has 0 aliphatic heterocycles. The lowest BCUT2D eigenvalue weighted by Gasteiger charge is -2.15. The molecule has 0 bridgehead atoms. The highest BCUT2D eigenvalue weighted by Gasteiger charge is 2.13. The lowest BCUT2D eigenvalue weighted by molar-refractivity contribution is -0.119. The molecule has 1 atom stereocenters. The predicted octanol–water partition coefficient (Wildman–Crippen LogP) is 4.19. The molecule has 152 valence electrons. The van der Waals surface area contributed by atoms with Crippen LogP contribution in [0, 0.1) is 0 Å². The molecule has 1 N–H and O–H groups in total. The SMILES string of the molecule is C[C@@H](NC(=O)CSc1nccn1-c1ccc(Br)cc1)c1ccc(-n2cncn2)cc1. The molecular weight excluding hydrogens is 464 g/mol. The minimum atomic E-state index is -0.103. The van der Waals surface area contributed by atoms with Crippen molar-refractivity contribution in [1.82, 2.24) is 29.6 Å². The average Bonchev–Trinajstić information content (AvgIpc) is 3.45. The Morgan fingerprint density at radius 3 is 2.57 bits per heavy atom. The van der Waals surface area contributed by atoms with E-state index < -0.39 is 0 Å². The zero-order valence-corrected chi connectivity index (χ0v) is 18.5. The van der Waals surface area contributed by atoms with Crippen LogP contribution in [-0.2, 0) is 4.79 Å². The van der Waals surface area contributed by atoms with Crippen LogP contribution in [-0.4, -0.2) is 36.0 Å². The molecule has 0 saturated carbocycles. The highest BCUT2D eigenvalue weighted by Crippen LogP contribution is 2.22. The summed E-state index contributed by atoms with van der Waals surface area (Å²) in [6, 6.07) is 15.7. The molecule has 7 nitrogen and oxygen atoms in total. The molecule has 0 aliphatic carbocycles. The van der Waals surface area contributed by atoms with E-state index in [1.54, 1.807) is 17.2 Å². The van der Waals surface area contributed by atoms with Crippen LogP contribution >= 0.6 is 27.7 Å². The Morgan fingerprint density at radius 2 is 1.87 bits per heavy atom. The van der Waals surface area contributed by atoms with Crippen molar-refractivity contribution in [3.05, 3.63) is 83.6 Å². The topological polar surface area (TPSA) is 77.6 Å². The van der Waals surface area contributed by atoms with Crippen LogP contribution in [0.15, 0.2) is 83.2 Å². The van der Waals surface area contributed by atoms with E-state index >= 15 is 0 Å². The summed E-state index contributed by atoms with van der Waals surface area (Å²) in [6.07, 6.45) is 6.77. The minimum Gasteiger partial charge on any atom is -0.349 e. The van der Waals surface area contributed by atoms with Crippen molar-refractivity contribution in [3.8, 4) is 11.4 Å². The number of amides is 1. The number of aromatic nitrogens is 5. The number of benzene rings is 2. The average molecular weight is 483 g/mol. The number of imidazole rings is 1. The van der Waals surface area contributed by atoms with Gasteiger partial charge in [-0.1, -0.05) is 39.8 Å². The third-order valence-corrected chi connectivity index (χ3v) is 5.99. The van der Waals surface area contributed by atoms with Gasteiger partial charge in [0.1, 0.15) is 12.7 Å². The van der Waals surface area contributed by atoms with Gasteiger partial charge in [-0.15, -0.1) is 0 Å². The van der Waals surface area contributed by atoms with E-state index in [2.05, 4.69) is 36.3 Å². The normalized spacial score (nSPS) is 11.9. The van der Waals surface area contributed by atoms with E-state index in [-0.39, 0.29) is 17.7 Å². The van der Waals surface area contributed by atoms with Crippen LogP contribution in [0.5, 0.6) is 0 Å². The molecular formula is C21H19BrN6OS. The number of nitrogens with one attached hydrogen (secondary N) is 1. The van der Waals surface area contributed by atoms with Gasteiger partial charge in [0.25, 0.3) is 0 Å². The van der Waals surface area contributed by atoms with E-state index in [4.69, 9.17) is 0 Å². The van der Waals surface area contributed by atoms with E-state index in [1.165, 1.54) is 18.1 Å². The van der Waals surface area contributed by atoms with Gasteiger partial charge in [-0.05, 0) is 48.9 Å². The van der Waals surface area contributed by atoms with Gasteiger partial charge in [0.15, 0.2) is 5.16 Å². The predicted molar refractivity (Wildman–Crippen MR) is 120 cm³/mol. The van der Waals surface area contributed by atoms with Crippen molar-refractivity contribution in [2.45, 2.75) is 18.1 Å². The zero-order valence-electron chi connectivity index (χ0n) is 16.1. The summed E-state index contributed by atoms with van der Waals surface area (Å²) >= 11 is 4.85. The maximum absolute atomic E-state index is 12.5. The first-order chi connectivity index (χ1) is 14.6. The number of rotatable bonds is 7. The Morgan fingerprint density at radius 1 is 1.13 bits per heavy atom. The second-order valence-electron chi connectivity index (χ2n) is 6.57. The van der Waals surface area contributed by atoms with Crippen molar-refractivity contribution >= 4 is 33.6 Å². The van der Waals surface area contributed by atoms with Crippen LogP contribution in [0.25, 0.3) is 11.4 Å². The number of halogens is 1. The first-order valence-corrected chi connectivity index (χ1v) is 11.0. The van der Waals surface area contributed by atoms with Crippen molar-refractivity contribution in [1.29, 1.82) is 0 Å². The standard InChI is InChI=1S/C21H19BrN6OS/c1-15(16-2-6-19(7-3-16)28-14-23-13-25-28)26-20(29)12-30-21-24-10-11-27(21)18-8-4-17(22)5-9-18/h2-11,13-15H,12H2,1H3,(H,26,29)/t15-/m1/s1. The van der Waals surface area contributed by atoms with Gasteiger partial charge in [-0.2, -0.15) is 5.10 Å². The molecule has 4 aromatic rings. The number of hydrogen-bond donors (Lipinski definition) is 1. The summed E-state index contributed by atoms with van der Waals surface area (Å²) < 4.78 is 4.68. The quantitative estimate of drug-likeness (QED) is 0.399. The number of carbonyl (C=O) groups excluding carboxylic acids is 1. The Hall–Kier alpha value is -2.91. The fraction of sp³-hybridized carbons (Fsp3) is 0.143. The molecule has 2 aromatic carbocycles. The summed E-state index contributed by atoms with van der Waals surface area (Å²) in [6.45, 7) is 1.97. The molecule has 0 aliphatic rings. The van der Waals surface area contributed by atoms with Gasteiger partial charge >= 0.3 is 0 Å². The van der Waals surface area contributed by atoms with E-state index in [0.29, 0.717) is 0 Å². The van der Waals surface area contributed by atoms with Gasteiger partial charge in [0, 0.05) is 22.6 Å². The van der Waals surface area contributed by atoms with E-state index in [1.807, 2.05) is 66.2 Å². The molecule has 0 radical (unpaired) electrons.